The second kappa shape index (κ2) is 15.2. The molecule has 2 aromatic heterocycles. The summed E-state index contributed by atoms with van der Waals surface area (Å²) in [6.45, 7) is 2.43. The quantitative estimate of drug-likeness (QED) is 0.108. The summed E-state index contributed by atoms with van der Waals surface area (Å²) in [6.07, 6.45) is 2.18. The Morgan fingerprint density at radius 1 is 1.09 bits per heavy atom. The van der Waals surface area contributed by atoms with Gasteiger partial charge in [0.15, 0.2) is 0 Å². The van der Waals surface area contributed by atoms with E-state index >= 15 is 0 Å². The van der Waals surface area contributed by atoms with E-state index < -0.39 is 23.4 Å². The van der Waals surface area contributed by atoms with Crippen molar-refractivity contribution in [3.05, 3.63) is 113 Å². The second-order valence-electron chi connectivity index (χ2n) is 10.7. The zero-order valence-corrected chi connectivity index (χ0v) is 26.2. The monoisotopic (exact) mass is 658 g/mol. The number of methoxy groups -OCH3 is 2. The van der Waals surface area contributed by atoms with E-state index in [0.717, 1.165) is 11.6 Å². The molecular formula is C33H34ClF3N4O5. The number of hydrogen-bond donors (Lipinski definition) is 1. The molecule has 0 spiro atoms. The largest absolute Gasteiger partial charge is 0.503 e. The van der Waals surface area contributed by atoms with Gasteiger partial charge < -0.3 is 19.3 Å². The molecule has 5 rings (SSSR count). The Morgan fingerprint density at radius 3 is 2.41 bits per heavy atom. The third-order valence-electron chi connectivity index (χ3n) is 7.63. The van der Waals surface area contributed by atoms with Crippen LogP contribution in [0.25, 0.3) is 5.57 Å². The third-order valence-corrected chi connectivity index (χ3v) is 7.89. The molecule has 1 aliphatic carbocycles. The van der Waals surface area contributed by atoms with E-state index in [-0.39, 0.29) is 24.0 Å². The molecular weight excluding hydrogens is 625 g/mol. The van der Waals surface area contributed by atoms with E-state index in [1.807, 2.05) is 24.3 Å². The van der Waals surface area contributed by atoms with Crippen LogP contribution in [-0.2, 0) is 39.2 Å². The molecule has 2 atom stereocenters. The number of nitrogens with zero attached hydrogens (tertiary/aromatic N) is 4. The number of esters is 1. The van der Waals surface area contributed by atoms with Crippen molar-refractivity contribution >= 4 is 23.1 Å². The van der Waals surface area contributed by atoms with Gasteiger partial charge in [-0.05, 0) is 59.6 Å². The molecule has 0 bridgehead atoms. The van der Waals surface area contributed by atoms with E-state index in [4.69, 9.17) is 25.8 Å². The topological polar surface area (TPSA) is 109 Å². The molecule has 0 amide bonds. The molecule has 0 aliphatic heterocycles. The van der Waals surface area contributed by atoms with Crippen LogP contribution in [0, 0.1) is 11.8 Å². The van der Waals surface area contributed by atoms with Crippen LogP contribution in [0.4, 0.5) is 13.2 Å². The van der Waals surface area contributed by atoms with Gasteiger partial charge in [-0.2, -0.15) is 18.3 Å². The van der Waals surface area contributed by atoms with Crippen molar-refractivity contribution in [1.29, 1.82) is 0 Å². The zero-order chi connectivity index (χ0) is 33.3. The molecule has 46 heavy (non-hydrogen) atoms. The maximum absolute atomic E-state index is 12.7. The third kappa shape index (κ3) is 8.85. The van der Waals surface area contributed by atoms with Gasteiger partial charge in [-0.25, -0.2) is 19.4 Å². The zero-order valence-electron chi connectivity index (χ0n) is 25.4. The smallest absolute Gasteiger partial charge is 0.433 e. The van der Waals surface area contributed by atoms with Gasteiger partial charge in [-0.15, -0.1) is 0 Å². The Balaban J connectivity index is 0.000000215. The highest BCUT2D eigenvalue weighted by Crippen LogP contribution is 2.46. The van der Waals surface area contributed by atoms with Gasteiger partial charge in [0.05, 0.1) is 27.0 Å². The van der Waals surface area contributed by atoms with Gasteiger partial charge in [-0.3, -0.25) is 0 Å². The van der Waals surface area contributed by atoms with Crippen molar-refractivity contribution in [2.45, 2.75) is 44.7 Å². The number of aliphatic hydroxyl groups is 1. The highest BCUT2D eigenvalue weighted by atomic mass is 35.5. The fourth-order valence-corrected chi connectivity index (χ4v) is 5.07. The highest BCUT2D eigenvalue weighted by Gasteiger charge is 2.44. The Labute approximate surface area is 269 Å². The summed E-state index contributed by atoms with van der Waals surface area (Å²) in [7, 11) is 2.62. The lowest BCUT2D eigenvalue weighted by atomic mass is 9.79. The Hall–Kier alpha value is -4.42. The molecule has 0 radical (unpaired) electrons. The summed E-state index contributed by atoms with van der Waals surface area (Å²) >= 11 is 5.95. The summed E-state index contributed by atoms with van der Waals surface area (Å²) in [6, 6.07) is 17.6. The first-order valence-corrected chi connectivity index (χ1v) is 14.7. The average molecular weight is 659 g/mol. The number of alkyl halides is 3. The van der Waals surface area contributed by atoms with Crippen LogP contribution in [-0.4, -0.2) is 45.0 Å². The van der Waals surface area contributed by atoms with Crippen LogP contribution in [0.15, 0.2) is 85.6 Å². The van der Waals surface area contributed by atoms with Crippen molar-refractivity contribution in [3.63, 3.8) is 0 Å². The van der Waals surface area contributed by atoms with Crippen LogP contribution in [0.2, 0.25) is 5.02 Å². The molecule has 1 saturated carbocycles. The average Bonchev–Trinajstić information content (AvgIpc) is 3.78. The van der Waals surface area contributed by atoms with Crippen molar-refractivity contribution in [2.75, 3.05) is 14.2 Å². The number of benzene rings is 2. The number of ether oxygens (including phenoxy) is 3. The summed E-state index contributed by atoms with van der Waals surface area (Å²) in [5, 5.41) is 16.1. The van der Waals surface area contributed by atoms with Gasteiger partial charge in [0, 0.05) is 11.1 Å². The van der Waals surface area contributed by atoms with Crippen molar-refractivity contribution < 1.29 is 37.3 Å². The van der Waals surface area contributed by atoms with E-state index in [2.05, 4.69) is 22.0 Å². The molecule has 2 unspecified atom stereocenters. The molecule has 4 aromatic rings. The standard InChI is InChI=1S/C18H16F3NO4.C15H18ClN3O/c1-24-11-14(17(23)25-2)13-7-4-3-6-12(13)10-26-16-9-5-8-15(22-16)18(19,20)21;1-11(12-2-3-12)15(20,8-19-10-17-9-18-19)13-4-6-14(16)7-5-13/h3-9,11H,10H2,1-2H3;4-7,9-12,20H,2-3,8H2,1H3/b14-11+;. The minimum absolute atomic E-state index is 0.0947. The van der Waals surface area contributed by atoms with Crippen LogP contribution in [0.5, 0.6) is 5.88 Å². The van der Waals surface area contributed by atoms with Crippen LogP contribution in [0.1, 0.15) is 42.1 Å². The Morgan fingerprint density at radius 2 is 1.80 bits per heavy atom. The van der Waals surface area contributed by atoms with Crippen molar-refractivity contribution in [2.24, 2.45) is 11.8 Å². The van der Waals surface area contributed by atoms with Crippen molar-refractivity contribution in [1.82, 2.24) is 19.7 Å². The van der Waals surface area contributed by atoms with Crippen LogP contribution in [0.3, 0.4) is 0 Å². The minimum atomic E-state index is -4.56. The summed E-state index contributed by atoms with van der Waals surface area (Å²) in [5.74, 6) is -0.0338. The fraction of sp³-hybridized carbons (Fsp3) is 0.333. The number of pyridine rings is 1. The first kappa shape index (κ1) is 34.5. The lowest BCUT2D eigenvalue weighted by molar-refractivity contribution is -0.141. The number of rotatable bonds is 11. The first-order chi connectivity index (χ1) is 22.0. The number of halogens is 4. The molecule has 9 nitrogen and oxygen atoms in total. The molecule has 0 saturated heterocycles. The molecule has 1 fully saturated rings. The fourth-order valence-electron chi connectivity index (χ4n) is 4.95. The van der Waals surface area contributed by atoms with Crippen LogP contribution < -0.4 is 4.74 Å². The second-order valence-corrected chi connectivity index (χ2v) is 11.2. The van der Waals surface area contributed by atoms with Crippen molar-refractivity contribution in [3.8, 4) is 5.88 Å². The van der Waals surface area contributed by atoms with E-state index in [0.29, 0.717) is 28.6 Å². The summed E-state index contributed by atoms with van der Waals surface area (Å²) < 4.78 is 54.9. The maximum atomic E-state index is 12.7. The lowest BCUT2D eigenvalue weighted by Gasteiger charge is -2.35. The predicted octanol–water partition coefficient (Wildman–Crippen LogP) is 6.71. The van der Waals surface area contributed by atoms with Gasteiger partial charge in [0.1, 0.15) is 36.1 Å². The van der Waals surface area contributed by atoms with Gasteiger partial charge in [0.2, 0.25) is 5.88 Å². The summed E-state index contributed by atoms with van der Waals surface area (Å²) in [5.41, 5.74) is 0.0915. The molecule has 1 N–H and O–H groups in total. The maximum Gasteiger partial charge on any atom is 0.433 e. The lowest BCUT2D eigenvalue weighted by Crippen LogP contribution is -2.39. The molecule has 1 aliphatic rings. The Bertz CT molecular complexity index is 1610. The van der Waals surface area contributed by atoms with E-state index in [1.54, 1.807) is 35.3 Å². The van der Waals surface area contributed by atoms with Gasteiger partial charge >= 0.3 is 12.1 Å². The highest BCUT2D eigenvalue weighted by molar-refractivity contribution is 6.30. The Kier molecular flexibility index (Phi) is 11.4. The van der Waals surface area contributed by atoms with Gasteiger partial charge in [-0.1, -0.05) is 61.0 Å². The minimum Gasteiger partial charge on any atom is -0.503 e. The molecule has 13 heteroatoms. The SMILES string of the molecule is CC(C1CC1)C(O)(Cn1cncn1)c1ccc(Cl)cc1.CO/C=C(/C(=O)OC)c1ccccc1COc1cccc(C(F)(F)F)n1. The number of carbonyl (C=O) groups is 1. The molecule has 2 aromatic carbocycles. The number of hydrogen-bond acceptors (Lipinski definition) is 8. The van der Waals surface area contributed by atoms with E-state index in [1.165, 1.54) is 51.8 Å². The first-order valence-electron chi connectivity index (χ1n) is 14.3. The van der Waals surface area contributed by atoms with Crippen LogP contribution >= 0.6 is 11.6 Å². The number of aromatic nitrogens is 4. The normalized spacial score (nSPS) is 15.2. The predicted molar refractivity (Wildman–Crippen MR) is 164 cm³/mol. The number of carbonyl (C=O) groups excluding carboxylic acids is 1. The molecule has 2 heterocycles. The summed E-state index contributed by atoms with van der Waals surface area (Å²) in [4.78, 5) is 19.3. The molecule has 244 valence electrons. The van der Waals surface area contributed by atoms with Gasteiger partial charge in [0.25, 0.3) is 0 Å². The van der Waals surface area contributed by atoms with E-state index in [9.17, 15) is 23.1 Å².